The van der Waals surface area contributed by atoms with E-state index in [4.69, 9.17) is 5.73 Å². The SMILES string of the molecule is Nc1ccc(S(F)(F)(F)(F)F)c(Br)c1. The first-order chi connectivity index (χ1) is 5.90. The van der Waals surface area contributed by atoms with Crippen LogP contribution in [0.2, 0.25) is 0 Å². The highest BCUT2D eigenvalue weighted by Crippen LogP contribution is 3.02. The Balaban J connectivity index is 3.51. The Bertz CT molecular complexity index is 386. The number of nitrogens with two attached hydrogens (primary N) is 1. The van der Waals surface area contributed by atoms with Crippen LogP contribution in [-0.2, 0) is 0 Å². The van der Waals surface area contributed by atoms with Gasteiger partial charge in [-0.15, -0.1) is 0 Å². The number of benzene rings is 1. The molecular weight excluding hydrogens is 293 g/mol. The second kappa shape index (κ2) is 2.35. The van der Waals surface area contributed by atoms with E-state index in [2.05, 4.69) is 15.9 Å². The van der Waals surface area contributed by atoms with Crippen molar-refractivity contribution < 1.29 is 19.4 Å². The zero-order chi connectivity index (χ0) is 11.3. The van der Waals surface area contributed by atoms with E-state index in [0.717, 1.165) is 12.1 Å². The van der Waals surface area contributed by atoms with E-state index in [9.17, 15) is 19.4 Å². The van der Waals surface area contributed by atoms with Crippen LogP contribution in [0.25, 0.3) is 0 Å². The van der Waals surface area contributed by atoms with Crippen molar-refractivity contribution in [3.8, 4) is 0 Å². The number of halogens is 6. The van der Waals surface area contributed by atoms with Gasteiger partial charge in [0.15, 0.2) is 0 Å². The van der Waals surface area contributed by atoms with E-state index in [0.29, 0.717) is 0 Å². The Labute approximate surface area is 84.9 Å². The van der Waals surface area contributed by atoms with Crippen molar-refractivity contribution in [3.05, 3.63) is 22.7 Å². The predicted octanol–water partition coefficient (Wildman–Crippen LogP) is 4.69. The molecular formula is C6H5BrF5NS. The minimum absolute atomic E-state index is 0.0255. The van der Waals surface area contributed by atoms with E-state index in [-0.39, 0.29) is 11.8 Å². The normalized spacial score (nSPS) is 17.3. The summed E-state index contributed by atoms with van der Waals surface area (Å²) in [7, 11) is -9.60. The van der Waals surface area contributed by atoms with E-state index in [1.807, 2.05) is 0 Å². The summed E-state index contributed by atoms with van der Waals surface area (Å²) >= 11 is 2.40. The van der Waals surface area contributed by atoms with Crippen LogP contribution >= 0.6 is 26.2 Å². The summed E-state index contributed by atoms with van der Waals surface area (Å²) in [5.41, 5.74) is 5.10. The molecule has 0 atom stereocenters. The van der Waals surface area contributed by atoms with Crippen molar-refractivity contribution in [2.45, 2.75) is 4.90 Å². The van der Waals surface area contributed by atoms with Gasteiger partial charge in [-0.1, -0.05) is 19.4 Å². The Morgan fingerprint density at radius 3 is 1.93 bits per heavy atom. The second-order valence-corrected chi connectivity index (χ2v) is 5.89. The van der Waals surface area contributed by atoms with Crippen molar-refractivity contribution in [2.75, 3.05) is 5.73 Å². The molecule has 0 aromatic heterocycles. The molecule has 0 unspecified atom stereocenters. The second-order valence-electron chi connectivity index (χ2n) is 2.66. The molecule has 0 fully saturated rings. The highest BCUT2D eigenvalue weighted by atomic mass is 79.9. The summed E-state index contributed by atoms with van der Waals surface area (Å²) in [5.74, 6) is 0. The molecule has 1 aromatic carbocycles. The van der Waals surface area contributed by atoms with Gasteiger partial charge in [-0.25, -0.2) is 0 Å². The minimum Gasteiger partial charge on any atom is -0.399 e. The summed E-state index contributed by atoms with van der Waals surface area (Å²) in [6, 6.07) is 1.83. The quantitative estimate of drug-likeness (QED) is 0.591. The van der Waals surface area contributed by atoms with Crippen LogP contribution in [0.3, 0.4) is 0 Å². The summed E-state index contributed by atoms with van der Waals surface area (Å²) in [5, 5.41) is 0. The Kier molecular flexibility index (Phi) is 1.95. The molecule has 0 bridgehead atoms. The predicted molar refractivity (Wildman–Crippen MR) is 50.0 cm³/mol. The first kappa shape index (κ1) is 11.6. The molecule has 0 saturated heterocycles. The fraction of sp³-hybridized carbons (Fsp3) is 0. The van der Waals surface area contributed by atoms with Crippen LogP contribution in [0.1, 0.15) is 0 Å². The summed E-state index contributed by atoms with van der Waals surface area (Å²) in [6.07, 6.45) is 0. The molecule has 1 aromatic rings. The standard InChI is InChI=1S/C6H5BrF5NS/c7-5-3-4(13)1-2-6(5)14(8,9,10,11)12/h1-3H,13H2. The van der Waals surface area contributed by atoms with E-state index < -0.39 is 19.6 Å². The van der Waals surface area contributed by atoms with Gasteiger partial charge < -0.3 is 5.73 Å². The van der Waals surface area contributed by atoms with Gasteiger partial charge in [-0.2, -0.15) is 0 Å². The first-order valence-electron chi connectivity index (χ1n) is 3.19. The molecule has 0 radical (unpaired) electrons. The molecule has 0 amide bonds. The molecule has 0 aliphatic carbocycles. The maximum absolute atomic E-state index is 12.3. The van der Waals surface area contributed by atoms with Crippen LogP contribution in [0.5, 0.6) is 0 Å². The fourth-order valence-electron chi connectivity index (χ4n) is 0.830. The lowest BCUT2D eigenvalue weighted by Gasteiger charge is -2.41. The van der Waals surface area contributed by atoms with Crippen molar-refractivity contribution in [3.63, 3.8) is 0 Å². The topological polar surface area (TPSA) is 26.0 Å². The molecule has 0 aliphatic heterocycles. The van der Waals surface area contributed by atoms with E-state index in [1.165, 1.54) is 0 Å². The highest BCUT2D eigenvalue weighted by molar-refractivity contribution is 9.10. The van der Waals surface area contributed by atoms with Crippen LogP contribution in [0.4, 0.5) is 25.1 Å². The van der Waals surface area contributed by atoms with Gasteiger partial charge in [-0.05, 0) is 34.1 Å². The van der Waals surface area contributed by atoms with Gasteiger partial charge in [0.05, 0.1) is 0 Å². The molecule has 0 spiro atoms. The van der Waals surface area contributed by atoms with Gasteiger partial charge in [0.1, 0.15) is 4.90 Å². The maximum atomic E-state index is 12.3. The van der Waals surface area contributed by atoms with Gasteiger partial charge in [0, 0.05) is 10.2 Å². The maximum Gasteiger partial charge on any atom is 0.311 e. The Morgan fingerprint density at radius 2 is 1.57 bits per heavy atom. The highest BCUT2D eigenvalue weighted by Gasteiger charge is 2.66. The largest absolute Gasteiger partial charge is 0.399 e. The molecule has 82 valence electrons. The Morgan fingerprint density at radius 1 is 1.07 bits per heavy atom. The van der Waals surface area contributed by atoms with Crippen LogP contribution in [-0.4, -0.2) is 0 Å². The molecule has 2 N–H and O–H groups in total. The molecule has 8 heteroatoms. The number of hydrogen-bond donors (Lipinski definition) is 1. The van der Waals surface area contributed by atoms with Crippen molar-refractivity contribution >= 4 is 31.8 Å². The molecule has 0 aliphatic rings. The van der Waals surface area contributed by atoms with Crippen LogP contribution in [0, 0.1) is 0 Å². The zero-order valence-electron chi connectivity index (χ0n) is 6.49. The third kappa shape index (κ3) is 2.50. The van der Waals surface area contributed by atoms with Gasteiger partial charge >= 0.3 is 10.2 Å². The average Bonchev–Trinajstić information content (AvgIpc) is 1.79. The van der Waals surface area contributed by atoms with Crippen molar-refractivity contribution in [1.29, 1.82) is 0 Å². The molecule has 0 heterocycles. The van der Waals surface area contributed by atoms with Crippen LogP contribution in [0.15, 0.2) is 27.6 Å². The number of hydrogen-bond acceptors (Lipinski definition) is 1. The number of anilines is 1. The fourth-order valence-corrected chi connectivity index (χ4v) is 2.90. The van der Waals surface area contributed by atoms with E-state index >= 15 is 0 Å². The number of rotatable bonds is 1. The summed E-state index contributed by atoms with van der Waals surface area (Å²) in [6.45, 7) is 0. The number of nitrogen functional groups attached to an aromatic ring is 1. The van der Waals surface area contributed by atoms with Gasteiger partial charge in [0.2, 0.25) is 0 Å². The minimum atomic E-state index is -9.60. The van der Waals surface area contributed by atoms with Crippen molar-refractivity contribution in [1.82, 2.24) is 0 Å². The molecule has 14 heavy (non-hydrogen) atoms. The zero-order valence-corrected chi connectivity index (χ0v) is 8.89. The Hall–Kier alpha value is -0.500. The lowest BCUT2D eigenvalue weighted by atomic mass is 10.3. The van der Waals surface area contributed by atoms with E-state index in [1.54, 1.807) is 0 Å². The average molecular weight is 298 g/mol. The van der Waals surface area contributed by atoms with Gasteiger partial charge in [0.25, 0.3) is 0 Å². The van der Waals surface area contributed by atoms with Crippen molar-refractivity contribution in [2.24, 2.45) is 0 Å². The third-order valence-electron chi connectivity index (χ3n) is 1.37. The summed E-state index contributed by atoms with van der Waals surface area (Å²) < 4.78 is 60.6. The monoisotopic (exact) mass is 297 g/mol. The lowest BCUT2D eigenvalue weighted by Crippen LogP contribution is -2.07. The third-order valence-corrected chi connectivity index (χ3v) is 3.48. The smallest absolute Gasteiger partial charge is 0.311 e. The molecule has 1 nitrogen and oxygen atoms in total. The van der Waals surface area contributed by atoms with Gasteiger partial charge in [-0.3, -0.25) is 0 Å². The molecule has 1 rings (SSSR count). The summed E-state index contributed by atoms with van der Waals surface area (Å²) in [4.78, 5) is -1.96. The first-order valence-corrected chi connectivity index (χ1v) is 5.94. The lowest BCUT2D eigenvalue weighted by molar-refractivity contribution is 0.363. The molecule has 0 saturated carbocycles. The van der Waals surface area contributed by atoms with Crippen LogP contribution < -0.4 is 5.73 Å².